The molecule has 4 atom stereocenters. The van der Waals surface area contributed by atoms with Crippen molar-refractivity contribution in [3.63, 3.8) is 0 Å². The standard InChI is InChI=1S/C26H42N2O2/c1-7-28(8-2)18-22-20(14-17-30-22)11-12-21-19(3)10-13-23-25(21,4)15-9-16-26(23,5)24(29)27-6/h14,17,21,23H,3,7-13,15-16,18H2,1-2,4-6H3,(H,27,29)/p+1/t21-,23+,25+,26-/m0/s1. The van der Waals surface area contributed by atoms with Crippen LogP contribution in [0.2, 0.25) is 0 Å². The Morgan fingerprint density at radius 2 is 2.03 bits per heavy atom. The normalized spacial score (nSPS) is 31.6. The molecule has 2 aliphatic carbocycles. The number of nitrogens with one attached hydrogen (secondary N) is 2. The Labute approximate surface area is 183 Å². The average Bonchev–Trinajstić information content (AvgIpc) is 3.17. The lowest BCUT2D eigenvalue weighted by atomic mass is 9.46. The monoisotopic (exact) mass is 415 g/mol. The largest absolute Gasteiger partial charge is 0.463 e. The summed E-state index contributed by atoms with van der Waals surface area (Å²) in [5, 5.41) is 2.97. The van der Waals surface area contributed by atoms with E-state index >= 15 is 0 Å². The third kappa shape index (κ3) is 4.12. The summed E-state index contributed by atoms with van der Waals surface area (Å²) < 4.78 is 5.88. The first-order valence-corrected chi connectivity index (χ1v) is 12.1. The van der Waals surface area contributed by atoms with Gasteiger partial charge in [0.2, 0.25) is 5.91 Å². The number of rotatable bonds is 8. The SMILES string of the molecule is C=C1CC[C@@H]2[C@](C)(CCC[C@]2(C)C(=O)NC)[C@H]1CCc1ccoc1C[NH+](CC)CC. The molecule has 0 aliphatic heterocycles. The molecule has 0 radical (unpaired) electrons. The summed E-state index contributed by atoms with van der Waals surface area (Å²) in [6.07, 6.45) is 9.49. The number of carbonyl (C=O) groups excluding carboxylic acids is 1. The Balaban J connectivity index is 1.78. The van der Waals surface area contributed by atoms with Crippen molar-refractivity contribution in [1.82, 2.24) is 5.32 Å². The van der Waals surface area contributed by atoms with Crippen LogP contribution < -0.4 is 10.2 Å². The molecule has 2 saturated carbocycles. The molecule has 2 aliphatic rings. The molecule has 1 aromatic rings. The van der Waals surface area contributed by atoms with E-state index in [4.69, 9.17) is 4.42 Å². The lowest BCUT2D eigenvalue weighted by Crippen LogP contribution is -3.10. The van der Waals surface area contributed by atoms with Crippen LogP contribution in [-0.4, -0.2) is 26.0 Å². The van der Waals surface area contributed by atoms with Crippen LogP contribution in [0.25, 0.3) is 0 Å². The number of quaternary nitrogens is 1. The summed E-state index contributed by atoms with van der Waals surface area (Å²) in [5.74, 6) is 2.28. The van der Waals surface area contributed by atoms with Gasteiger partial charge in [0.15, 0.2) is 5.76 Å². The van der Waals surface area contributed by atoms with Gasteiger partial charge in [-0.25, -0.2) is 0 Å². The number of hydrogen-bond donors (Lipinski definition) is 2. The molecule has 2 fully saturated rings. The maximum atomic E-state index is 12.9. The van der Waals surface area contributed by atoms with Gasteiger partial charge in [-0.1, -0.05) is 32.4 Å². The third-order valence-electron chi connectivity index (χ3n) is 8.72. The number of hydrogen-bond acceptors (Lipinski definition) is 2. The highest BCUT2D eigenvalue weighted by Gasteiger charge is 2.56. The van der Waals surface area contributed by atoms with E-state index in [1.54, 1.807) is 11.9 Å². The Hall–Kier alpha value is -1.55. The summed E-state index contributed by atoms with van der Waals surface area (Å²) >= 11 is 0. The predicted molar refractivity (Wildman–Crippen MR) is 122 cm³/mol. The molecule has 0 spiro atoms. The van der Waals surface area contributed by atoms with Gasteiger partial charge in [-0.05, 0) is 81.3 Å². The molecule has 3 rings (SSSR count). The second kappa shape index (κ2) is 9.30. The van der Waals surface area contributed by atoms with Crippen molar-refractivity contribution in [2.75, 3.05) is 20.1 Å². The van der Waals surface area contributed by atoms with Crippen LogP contribution in [0, 0.1) is 22.7 Å². The fourth-order valence-corrected chi connectivity index (χ4v) is 6.81. The number of aryl methyl sites for hydroxylation is 1. The molecule has 4 nitrogen and oxygen atoms in total. The van der Waals surface area contributed by atoms with Gasteiger partial charge in [0.05, 0.1) is 19.4 Å². The number of fused-ring (bicyclic) bond motifs is 1. The number of carbonyl (C=O) groups is 1. The molecule has 0 unspecified atom stereocenters. The van der Waals surface area contributed by atoms with Gasteiger partial charge in [0.25, 0.3) is 0 Å². The molecular formula is C26H43N2O2+. The first-order valence-electron chi connectivity index (χ1n) is 12.1. The molecule has 0 bridgehead atoms. The van der Waals surface area contributed by atoms with Crippen molar-refractivity contribution in [3.05, 3.63) is 35.8 Å². The quantitative estimate of drug-likeness (QED) is 0.626. The molecule has 2 N–H and O–H groups in total. The lowest BCUT2D eigenvalue weighted by molar-refractivity contribution is -0.911. The molecule has 4 heteroatoms. The molecule has 1 amide bonds. The fraction of sp³-hybridized carbons (Fsp3) is 0.731. The van der Waals surface area contributed by atoms with Gasteiger partial charge in [-0.3, -0.25) is 4.79 Å². The van der Waals surface area contributed by atoms with Gasteiger partial charge in [0, 0.05) is 12.5 Å². The highest BCUT2D eigenvalue weighted by atomic mass is 16.3. The molecule has 30 heavy (non-hydrogen) atoms. The van der Waals surface area contributed by atoms with Gasteiger partial charge in [-0.2, -0.15) is 0 Å². The summed E-state index contributed by atoms with van der Waals surface area (Å²) in [6, 6.07) is 2.17. The maximum absolute atomic E-state index is 12.9. The number of furan rings is 1. The van der Waals surface area contributed by atoms with E-state index < -0.39 is 0 Å². The minimum absolute atomic E-state index is 0.156. The van der Waals surface area contributed by atoms with Gasteiger partial charge in [0.1, 0.15) is 6.54 Å². The molecule has 1 aromatic heterocycles. The Bertz CT molecular complexity index is 750. The van der Waals surface area contributed by atoms with Crippen LogP contribution in [-0.2, 0) is 17.8 Å². The van der Waals surface area contributed by atoms with E-state index in [2.05, 4.69) is 45.7 Å². The van der Waals surface area contributed by atoms with Crippen LogP contribution in [0.4, 0.5) is 0 Å². The number of allylic oxidation sites excluding steroid dienone is 1. The fourth-order valence-electron chi connectivity index (χ4n) is 6.81. The highest BCUT2D eigenvalue weighted by Crippen LogP contribution is 2.61. The van der Waals surface area contributed by atoms with E-state index in [1.807, 2.05) is 6.26 Å². The van der Waals surface area contributed by atoms with Crippen LogP contribution in [0.15, 0.2) is 28.9 Å². The summed E-state index contributed by atoms with van der Waals surface area (Å²) in [5.41, 5.74) is 2.66. The Kier molecular flexibility index (Phi) is 7.16. The molecule has 168 valence electrons. The smallest absolute Gasteiger partial charge is 0.225 e. The highest BCUT2D eigenvalue weighted by molar-refractivity contribution is 5.82. The zero-order chi connectivity index (χ0) is 21.9. The molecular weight excluding hydrogens is 372 g/mol. The van der Waals surface area contributed by atoms with Crippen molar-refractivity contribution in [2.45, 2.75) is 79.2 Å². The third-order valence-corrected chi connectivity index (χ3v) is 8.72. The minimum atomic E-state index is -0.256. The topological polar surface area (TPSA) is 46.7 Å². The van der Waals surface area contributed by atoms with Crippen molar-refractivity contribution in [1.29, 1.82) is 0 Å². The number of amides is 1. The first-order chi connectivity index (χ1) is 14.3. The Morgan fingerprint density at radius 1 is 1.30 bits per heavy atom. The maximum Gasteiger partial charge on any atom is 0.225 e. The zero-order valence-electron chi connectivity index (χ0n) is 19.9. The van der Waals surface area contributed by atoms with Crippen LogP contribution in [0.3, 0.4) is 0 Å². The minimum Gasteiger partial charge on any atom is -0.463 e. The van der Waals surface area contributed by atoms with E-state index in [0.717, 1.165) is 63.9 Å². The molecule has 0 saturated heterocycles. The van der Waals surface area contributed by atoms with E-state index in [9.17, 15) is 4.79 Å². The van der Waals surface area contributed by atoms with Gasteiger partial charge in [-0.15, -0.1) is 0 Å². The molecule has 1 heterocycles. The summed E-state index contributed by atoms with van der Waals surface area (Å²) in [7, 11) is 1.79. The predicted octanol–water partition coefficient (Wildman–Crippen LogP) is 4.16. The van der Waals surface area contributed by atoms with Crippen LogP contribution in [0.5, 0.6) is 0 Å². The van der Waals surface area contributed by atoms with Gasteiger partial charge >= 0.3 is 0 Å². The second-order valence-electron chi connectivity index (χ2n) is 10.2. The van der Waals surface area contributed by atoms with Crippen molar-refractivity contribution in [3.8, 4) is 0 Å². The molecule has 0 aromatic carbocycles. The van der Waals surface area contributed by atoms with Crippen molar-refractivity contribution in [2.24, 2.45) is 22.7 Å². The Morgan fingerprint density at radius 3 is 2.70 bits per heavy atom. The first kappa shape index (κ1) is 23.1. The average molecular weight is 416 g/mol. The van der Waals surface area contributed by atoms with Crippen molar-refractivity contribution < 1.29 is 14.1 Å². The van der Waals surface area contributed by atoms with Gasteiger partial charge < -0.3 is 14.6 Å². The van der Waals surface area contributed by atoms with Crippen molar-refractivity contribution >= 4 is 5.91 Å². The lowest BCUT2D eigenvalue weighted by Gasteiger charge is -2.58. The summed E-state index contributed by atoms with van der Waals surface area (Å²) in [6.45, 7) is 16.8. The zero-order valence-corrected chi connectivity index (χ0v) is 19.9. The summed E-state index contributed by atoms with van der Waals surface area (Å²) in [4.78, 5) is 14.4. The van der Waals surface area contributed by atoms with Crippen LogP contribution >= 0.6 is 0 Å². The van der Waals surface area contributed by atoms with Crippen LogP contribution in [0.1, 0.15) is 77.5 Å². The van der Waals surface area contributed by atoms with E-state index in [-0.39, 0.29) is 16.7 Å². The van der Waals surface area contributed by atoms with E-state index in [0.29, 0.717) is 11.8 Å². The van der Waals surface area contributed by atoms with E-state index in [1.165, 1.54) is 17.6 Å². The second-order valence-corrected chi connectivity index (χ2v) is 10.2.